The van der Waals surface area contributed by atoms with Crippen LogP contribution in [0.4, 0.5) is 0 Å². The lowest BCUT2D eigenvalue weighted by Gasteiger charge is -2.35. The molecule has 1 saturated heterocycles. The second-order valence-corrected chi connectivity index (χ2v) is 6.55. The molecule has 6 heteroatoms. The lowest BCUT2D eigenvalue weighted by Crippen LogP contribution is -2.44. The van der Waals surface area contributed by atoms with Crippen LogP contribution in [0.1, 0.15) is 60.7 Å². The summed E-state index contributed by atoms with van der Waals surface area (Å²) in [6.07, 6.45) is 11.6. The molecule has 1 amide bonds. The van der Waals surface area contributed by atoms with E-state index in [1.165, 1.54) is 12.8 Å². The number of hydrogen-bond donors (Lipinski definition) is 0. The quantitative estimate of drug-likeness (QED) is 0.851. The van der Waals surface area contributed by atoms with Crippen molar-refractivity contribution >= 4 is 5.91 Å². The van der Waals surface area contributed by atoms with Crippen LogP contribution in [0.3, 0.4) is 0 Å². The Labute approximate surface area is 135 Å². The Morgan fingerprint density at radius 3 is 3.00 bits per heavy atom. The van der Waals surface area contributed by atoms with Crippen molar-refractivity contribution in [2.24, 2.45) is 0 Å². The summed E-state index contributed by atoms with van der Waals surface area (Å²) in [7, 11) is 0. The van der Waals surface area contributed by atoms with Gasteiger partial charge in [0.1, 0.15) is 5.76 Å². The normalized spacial score (nSPS) is 21.6. The van der Waals surface area contributed by atoms with Gasteiger partial charge in [-0.15, -0.1) is 0 Å². The number of oxazole rings is 1. The van der Waals surface area contributed by atoms with E-state index in [2.05, 4.69) is 10.1 Å². The maximum Gasteiger partial charge on any atom is 0.276 e. The van der Waals surface area contributed by atoms with Gasteiger partial charge in [0.05, 0.1) is 0 Å². The molecule has 2 aliphatic rings. The van der Waals surface area contributed by atoms with Crippen LogP contribution in [-0.2, 0) is 6.54 Å². The predicted octanol–water partition coefficient (Wildman–Crippen LogP) is 2.83. The smallest absolute Gasteiger partial charge is 0.276 e. The van der Waals surface area contributed by atoms with Crippen LogP contribution in [0.15, 0.2) is 29.3 Å². The highest BCUT2D eigenvalue weighted by Gasteiger charge is 2.36. The summed E-state index contributed by atoms with van der Waals surface area (Å²) in [5, 5.41) is 4.25. The minimum Gasteiger partial charge on any atom is -0.447 e. The molecule has 1 aliphatic heterocycles. The third-order valence-electron chi connectivity index (χ3n) is 4.88. The molecular weight excluding hydrogens is 292 g/mol. The first kappa shape index (κ1) is 14.5. The van der Waals surface area contributed by atoms with Gasteiger partial charge >= 0.3 is 0 Å². The van der Waals surface area contributed by atoms with Crippen molar-refractivity contribution in [3.8, 4) is 0 Å². The highest BCUT2D eigenvalue weighted by atomic mass is 16.3. The number of likely N-dealkylation sites (tertiary alicyclic amines) is 1. The van der Waals surface area contributed by atoms with Gasteiger partial charge in [-0.2, -0.15) is 5.10 Å². The molecule has 0 spiro atoms. The van der Waals surface area contributed by atoms with Crippen LogP contribution < -0.4 is 0 Å². The Hall–Kier alpha value is -2.11. The van der Waals surface area contributed by atoms with Gasteiger partial charge in [-0.05, 0) is 44.6 Å². The first-order valence-electron chi connectivity index (χ1n) is 8.54. The Morgan fingerprint density at radius 1 is 1.30 bits per heavy atom. The van der Waals surface area contributed by atoms with E-state index in [0.29, 0.717) is 11.6 Å². The van der Waals surface area contributed by atoms with Crippen molar-refractivity contribution in [3.05, 3.63) is 36.3 Å². The van der Waals surface area contributed by atoms with Crippen LogP contribution in [0.2, 0.25) is 0 Å². The van der Waals surface area contributed by atoms with E-state index in [4.69, 9.17) is 4.42 Å². The van der Waals surface area contributed by atoms with Gasteiger partial charge in [0.2, 0.25) is 0 Å². The molecule has 0 N–H and O–H groups in total. The highest BCUT2D eigenvalue weighted by molar-refractivity contribution is 5.93. The molecule has 6 nitrogen and oxygen atoms in total. The molecule has 2 aromatic rings. The van der Waals surface area contributed by atoms with Crippen LogP contribution in [0.25, 0.3) is 0 Å². The Morgan fingerprint density at radius 2 is 2.22 bits per heavy atom. The van der Waals surface area contributed by atoms with Crippen molar-refractivity contribution in [3.63, 3.8) is 0 Å². The number of piperidine rings is 1. The van der Waals surface area contributed by atoms with Gasteiger partial charge < -0.3 is 9.32 Å². The second-order valence-electron chi connectivity index (χ2n) is 6.55. The average molecular weight is 314 g/mol. The van der Waals surface area contributed by atoms with Gasteiger partial charge in [0.15, 0.2) is 12.1 Å². The van der Waals surface area contributed by atoms with Gasteiger partial charge in [0.25, 0.3) is 5.91 Å². The van der Waals surface area contributed by atoms with E-state index < -0.39 is 0 Å². The fourth-order valence-electron chi connectivity index (χ4n) is 3.47. The van der Waals surface area contributed by atoms with E-state index in [-0.39, 0.29) is 11.9 Å². The maximum absolute atomic E-state index is 13.0. The molecule has 1 saturated carbocycles. The number of carbonyl (C=O) groups excluding carboxylic acids is 1. The maximum atomic E-state index is 13.0. The summed E-state index contributed by atoms with van der Waals surface area (Å²) in [6.45, 7) is 1.66. The number of rotatable bonds is 5. The third kappa shape index (κ3) is 3.02. The van der Waals surface area contributed by atoms with Crippen LogP contribution in [-0.4, -0.2) is 38.2 Å². The first-order valence-corrected chi connectivity index (χ1v) is 8.54. The SMILES string of the molecule is O=C(c1ncoc1C1CC1)N1CCCC[C@H]1CCn1cccn1. The molecular formula is C17H22N4O2. The van der Waals surface area contributed by atoms with Crippen LogP contribution >= 0.6 is 0 Å². The van der Waals surface area contributed by atoms with E-state index >= 15 is 0 Å². The summed E-state index contributed by atoms with van der Waals surface area (Å²) in [5.74, 6) is 1.25. The van der Waals surface area contributed by atoms with Crippen molar-refractivity contribution in [1.82, 2.24) is 19.7 Å². The molecule has 3 heterocycles. The summed E-state index contributed by atoms with van der Waals surface area (Å²) in [6, 6.07) is 2.20. The van der Waals surface area contributed by atoms with Crippen LogP contribution in [0, 0.1) is 0 Å². The summed E-state index contributed by atoms with van der Waals surface area (Å²) >= 11 is 0. The van der Waals surface area contributed by atoms with Gasteiger partial charge in [0, 0.05) is 37.4 Å². The third-order valence-corrected chi connectivity index (χ3v) is 4.88. The number of aryl methyl sites for hydroxylation is 1. The largest absolute Gasteiger partial charge is 0.447 e. The van der Waals surface area contributed by atoms with Crippen molar-refractivity contribution in [1.29, 1.82) is 0 Å². The fourth-order valence-corrected chi connectivity index (χ4v) is 3.47. The minimum atomic E-state index is 0.0471. The summed E-state index contributed by atoms with van der Waals surface area (Å²) in [5.41, 5.74) is 0.540. The number of amides is 1. The summed E-state index contributed by atoms with van der Waals surface area (Å²) < 4.78 is 7.42. The molecule has 2 aromatic heterocycles. The zero-order valence-electron chi connectivity index (χ0n) is 13.2. The zero-order chi connectivity index (χ0) is 15.6. The predicted molar refractivity (Wildman–Crippen MR) is 84.0 cm³/mol. The van der Waals surface area contributed by atoms with E-state index in [1.54, 1.807) is 6.20 Å². The zero-order valence-corrected chi connectivity index (χ0v) is 13.2. The highest BCUT2D eigenvalue weighted by Crippen LogP contribution is 2.42. The first-order chi connectivity index (χ1) is 11.3. The van der Waals surface area contributed by atoms with Gasteiger partial charge in [-0.25, -0.2) is 4.98 Å². The molecule has 1 atom stereocenters. The monoisotopic (exact) mass is 314 g/mol. The Balaban J connectivity index is 1.47. The Bertz CT molecular complexity index is 660. The molecule has 0 bridgehead atoms. The van der Waals surface area contributed by atoms with E-state index in [9.17, 15) is 4.79 Å². The molecule has 0 aromatic carbocycles. The average Bonchev–Trinajstić information content (AvgIpc) is 3.10. The van der Waals surface area contributed by atoms with Crippen molar-refractivity contribution in [2.75, 3.05) is 6.54 Å². The number of carbonyl (C=O) groups is 1. The van der Waals surface area contributed by atoms with Gasteiger partial charge in [-0.1, -0.05) is 0 Å². The topological polar surface area (TPSA) is 64.2 Å². The molecule has 4 rings (SSSR count). The number of nitrogens with zero attached hydrogens (tertiary/aromatic N) is 4. The molecule has 0 radical (unpaired) electrons. The molecule has 122 valence electrons. The van der Waals surface area contributed by atoms with Gasteiger partial charge in [-0.3, -0.25) is 9.48 Å². The van der Waals surface area contributed by atoms with Crippen molar-refractivity contribution < 1.29 is 9.21 Å². The number of hydrogen-bond acceptors (Lipinski definition) is 4. The van der Waals surface area contributed by atoms with Crippen molar-refractivity contribution in [2.45, 2.75) is 57.0 Å². The lowest BCUT2D eigenvalue weighted by atomic mass is 9.98. The summed E-state index contributed by atoms with van der Waals surface area (Å²) in [4.78, 5) is 19.2. The Kier molecular flexibility index (Phi) is 3.89. The fraction of sp³-hybridized carbons (Fsp3) is 0.588. The minimum absolute atomic E-state index is 0.0471. The standard InChI is InChI=1S/C17H22N4O2/c22-17(15-16(13-5-6-13)23-12-18-15)21-10-2-1-4-14(21)7-11-20-9-3-8-19-20/h3,8-9,12-14H,1-2,4-7,10-11H2/t14-/m0/s1. The van der Waals surface area contributed by atoms with Crippen LogP contribution in [0.5, 0.6) is 0 Å². The lowest BCUT2D eigenvalue weighted by molar-refractivity contribution is 0.0586. The van der Waals surface area contributed by atoms with E-state index in [1.807, 2.05) is 21.8 Å². The van der Waals surface area contributed by atoms with E-state index in [0.717, 1.165) is 51.0 Å². The molecule has 23 heavy (non-hydrogen) atoms. The molecule has 0 unspecified atom stereocenters. The number of aromatic nitrogens is 3. The molecule has 1 aliphatic carbocycles. The second kappa shape index (κ2) is 6.18. The molecule has 2 fully saturated rings.